The minimum atomic E-state index is -0.884. The molecule has 1 fully saturated rings. The van der Waals surface area contributed by atoms with E-state index in [9.17, 15) is 9.59 Å². The smallest absolute Gasteiger partial charge is 0.322 e. The number of aliphatic carboxylic acids is 1. The first kappa shape index (κ1) is 15.5. The van der Waals surface area contributed by atoms with Gasteiger partial charge >= 0.3 is 12.0 Å². The molecular formula is C14H18N2O4S. The van der Waals surface area contributed by atoms with Crippen LogP contribution in [-0.4, -0.2) is 53.2 Å². The number of benzene rings is 1. The number of ether oxygens (including phenoxy) is 1. The summed E-state index contributed by atoms with van der Waals surface area (Å²) in [5.41, 5.74) is 0.660. The molecule has 2 rings (SSSR count). The summed E-state index contributed by atoms with van der Waals surface area (Å²) in [5, 5.41) is 11.7. The second kappa shape index (κ2) is 7.21. The fraction of sp³-hybridized carbons (Fsp3) is 0.429. The summed E-state index contributed by atoms with van der Waals surface area (Å²) < 4.78 is 5.06. The molecule has 0 bridgehead atoms. The Morgan fingerprint density at radius 1 is 1.43 bits per heavy atom. The number of amides is 2. The fourth-order valence-corrected chi connectivity index (χ4v) is 3.22. The minimum Gasteiger partial charge on any atom is -0.497 e. The van der Waals surface area contributed by atoms with Gasteiger partial charge in [-0.2, -0.15) is 11.8 Å². The maximum Gasteiger partial charge on any atom is 0.322 e. The van der Waals surface area contributed by atoms with Gasteiger partial charge in [-0.05, 0) is 24.3 Å². The second-order valence-corrected chi connectivity index (χ2v) is 5.83. The fourth-order valence-electron chi connectivity index (χ4n) is 2.16. The molecule has 2 N–H and O–H groups in total. The number of thioether (sulfide) groups is 1. The first-order valence-electron chi connectivity index (χ1n) is 6.61. The summed E-state index contributed by atoms with van der Waals surface area (Å²) in [6.45, 7) is 0.560. The van der Waals surface area contributed by atoms with E-state index in [2.05, 4.69) is 5.32 Å². The predicted molar refractivity (Wildman–Crippen MR) is 82.1 cm³/mol. The van der Waals surface area contributed by atoms with Crippen molar-refractivity contribution in [3.05, 3.63) is 24.3 Å². The maximum atomic E-state index is 12.3. The van der Waals surface area contributed by atoms with Gasteiger partial charge in [0.2, 0.25) is 0 Å². The molecule has 1 saturated heterocycles. The molecule has 1 aromatic rings. The summed E-state index contributed by atoms with van der Waals surface area (Å²) in [6, 6.07) is 6.50. The Morgan fingerprint density at radius 3 is 2.76 bits per heavy atom. The third kappa shape index (κ3) is 4.29. The molecule has 0 aliphatic carbocycles. The monoisotopic (exact) mass is 310 g/mol. The zero-order valence-corrected chi connectivity index (χ0v) is 12.6. The number of carboxylic acid groups (broad SMARTS) is 1. The van der Waals surface area contributed by atoms with Gasteiger partial charge in [0.25, 0.3) is 0 Å². The molecule has 0 saturated carbocycles. The van der Waals surface area contributed by atoms with Crippen molar-refractivity contribution >= 4 is 29.4 Å². The minimum absolute atomic E-state index is 0.0248. The number of carbonyl (C=O) groups excluding carboxylic acids is 1. The summed E-state index contributed by atoms with van der Waals surface area (Å²) in [6.07, 6.45) is -0.0248. The molecule has 1 aliphatic rings. The topological polar surface area (TPSA) is 78.9 Å². The number of methoxy groups -OCH3 is 1. The number of hydrogen-bond donors (Lipinski definition) is 2. The first-order chi connectivity index (χ1) is 10.1. The van der Waals surface area contributed by atoms with Crippen LogP contribution in [-0.2, 0) is 4.79 Å². The van der Waals surface area contributed by atoms with E-state index in [1.165, 1.54) is 0 Å². The Bertz CT molecular complexity index is 506. The molecule has 1 heterocycles. The van der Waals surface area contributed by atoms with E-state index in [4.69, 9.17) is 9.84 Å². The molecule has 0 radical (unpaired) electrons. The highest BCUT2D eigenvalue weighted by Gasteiger charge is 2.28. The zero-order valence-electron chi connectivity index (χ0n) is 11.7. The van der Waals surface area contributed by atoms with Gasteiger partial charge in [0.05, 0.1) is 19.6 Å². The summed E-state index contributed by atoms with van der Waals surface area (Å²) in [7, 11) is 1.58. The number of anilines is 1. The molecule has 1 aliphatic heterocycles. The van der Waals surface area contributed by atoms with Crippen molar-refractivity contribution in [2.24, 2.45) is 0 Å². The van der Waals surface area contributed by atoms with Gasteiger partial charge in [-0.3, -0.25) is 4.79 Å². The van der Waals surface area contributed by atoms with Crippen LogP contribution < -0.4 is 10.1 Å². The number of hydrogen-bond acceptors (Lipinski definition) is 4. The van der Waals surface area contributed by atoms with Crippen LogP contribution in [0.15, 0.2) is 24.3 Å². The third-order valence-corrected chi connectivity index (χ3v) is 4.33. The zero-order chi connectivity index (χ0) is 15.2. The van der Waals surface area contributed by atoms with E-state index in [0.717, 1.165) is 5.75 Å². The average Bonchev–Trinajstić information content (AvgIpc) is 2.48. The van der Waals surface area contributed by atoms with Gasteiger partial charge in [-0.25, -0.2) is 4.79 Å². The molecule has 21 heavy (non-hydrogen) atoms. The molecule has 0 aromatic heterocycles. The van der Waals surface area contributed by atoms with Crippen LogP contribution in [0.5, 0.6) is 5.75 Å². The summed E-state index contributed by atoms with van der Waals surface area (Å²) in [5.74, 6) is 1.31. The predicted octanol–water partition coefficient (Wildman–Crippen LogP) is 2.12. The molecule has 6 nitrogen and oxygen atoms in total. The maximum absolute atomic E-state index is 12.3. The summed E-state index contributed by atoms with van der Waals surface area (Å²) in [4.78, 5) is 24.8. The SMILES string of the molecule is COc1ccc(NC(=O)N2CCSCC2CC(=O)O)cc1. The van der Waals surface area contributed by atoms with Crippen molar-refractivity contribution in [3.8, 4) is 5.75 Å². The van der Waals surface area contributed by atoms with Gasteiger partial charge < -0.3 is 20.1 Å². The van der Waals surface area contributed by atoms with Crippen LogP contribution >= 0.6 is 11.8 Å². The van der Waals surface area contributed by atoms with E-state index in [1.807, 2.05) is 0 Å². The van der Waals surface area contributed by atoms with Gasteiger partial charge in [0.1, 0.15) is 5.75 Å². The highest BCUT2D eigenvalue weighted by Crippen LogP contribution is 2.21. The lowest BCUT2D eigenvalue weighted by Crippen LogP contribution is -2.48. The molecule has 0 spiro atoms. The Morgan fingerprint density at radius 2 is 2.14 bits per heavy atom. The standard InChI is InChI=1S/C14H18N2O4S/c1-20-12-4-2-10(3-5-12)15-14(19)16-6-7-21-9-11(16)8-13(17)18/h2-5,11H,6-9H2,1H3,(H,15,19)(H,17,18). The van der Waals surface area contributed by atoms with E-state index >= 15 is 0 Å². The number of carboxylic acids is 1. The number of urea groups is 1. The van der Waals surface area contributed by atoms with Crippen LogP contribution in [0.2, 0.25) is 0 Å². The number of carbonyl (C=O) groups is 2. The molecule has 1 unspecified atom stereocenters. The van der Waals surface area contributed by atoms with Crippen molar-refractivity contribution < 1.29 is 19.4 Å². The van der Waals surface area contributed by atoms with Crippen LogP contribution in [0.25, 0.3) is 0 Å². The Balaban J connectivity index is 2.00. The Hall–Kier alpha value is -1.89. The number of nitrogens with zero attached hydrogens (tertiary/aromatic N) is 1. The molecule has 2 amide bonds. The molecule has 114 valence electrons. The van der Waals surface area contributed by atoms with Crippen LogP contribution in [0.4, 0.5) is 10.5 Å². The highest BCUT2D eigenvalue weighted by molar-refractivity contribution is 7.99. The molecule has 7 heteroatoms. The second-order valence-electron chi connectivity index (χ2n) is 4.68. The Kier molecular flexibility index (Phi) is 5.32. The van der Waals surface area contributed by atoms with Gasteiger partial charge in [-0.15, -0.1) is 0 Å². The van der Waals surface area contributed by atoms with E-state index in [1.54, 1.807) is 48.0 Å². The number of rotatable bonds is 4. The third-order valence-electron chi connectivity index (χ3n) is 3.24. The van der Waals surface area contributed by atoms with Crippen molar-refractivity contribution in [1.82, 2.24) is 4.90 Å². The Labute approximate surface area is 127 Å². The average molecular weight is 310 g/mol. The van der Waals surface area contributed by atoms with Gasteiger partial charge in [0.15, 0.2) is 0 Å². The van der Waals surface area contributed by atoms with E-state index in [0.29, 0.717) is 23.7 Å². The lowest BCUT2D eigenvalue weighted by Gasteiger charge is -2.34. The lowest BCUT2D eigenvalue weighted by molar-refractivity contribution is -0.137. The van der Waals surface area contributed by atoms with Crippen LogP contribution in [0.1, 0.15) is 6.42 Å². The van der Waals surface area contributed by atoms with Crippen molar-refractivity contribution in [2.75, 3.05) is 30.5 Å². The van der Waals surface area contributed by atoms with Crippen molar-refractivity contribution in [2.45, 2.75) is 12.5 Å². The molecule has 1 atom stereocenters. The van der Waals surface area contributed by atoms with Crippen molar-refractivity contribution in [3.63, 3.8) is 0 Å². The van der Waals surface area contributed by atoms with E-state index < -0.39 is 5.97 Å². The largest absolute Gasteiger partial charge is 0.497 e. The van der Waals surface area contributed by atoms with Crippen molar-refractivity contribution in [1.29, 1.82) is 0 Å². The first-order valence-corrected chi connectivity index (χ1v) is 7.77. The molecule has 1 aromatic carbocycles. The van der Waals surface area contributed by atoms with Crippen LogP contribution in [0.3, 0.4) is 0 Å². The van der Waals surface area contributed by atoms with E-state index in [-0.39, 0.29) is 18.5 Å². The molecular weight excluding hydrogens is 292 g/mol. The highest BCUT2D eigenvalue weighted by atomic mass is 32.2. The van der Waals surface area contributed by atoms with Gasteiger partial charge in [-0.1, -0.05) is 0 Å². The van der Waals surface area contributed by atoms with Gasteiger partial charge in [0, 0.05) is 23.7 Å². The lowest BCUT2D eigenvalue weighted by atomic mass is 10.2. The summed E-state index contributed by atoms with van der Waals surface area (Å²) >= 11 is 1.68. The number of nitrogens with one attached hydrogen (secondary N) is 1. The normalized spacial score (nSPS) is 18.1. The van der Waals surface area contributed by atoms with Crippen LogP contribution in [0, 0.1) is 0 Å². The quantitative estimate of drug-likeness (QED) is 0.890.